The molecule has 1 rings (SSSR count). The maximum Gasteiger partial charge on any atom is 0.315 e. The molecule has 2 amide bonds. The Hall–Kier alpha value is -1.63. The van der Waals surface area contributed by atoms with Crippen molar-refractivity contribution in [1.29, 1.82) is 0 Å². The van der Waals surface area contributed by atoms with Gasteiger partial charge in [0, 0.05) is 24.5 Å². The van der Waals surface area contributed by atoms with Crippen molar-refractivity contribution in [1.82, 2.24) is 15.6 Å². The van der Waals surface area contributed by atoms with Crippen LogP contribution in [0.3, 0.4) is 0 Å². The van der Waals surface area contributed by atoms with Gasteiger partial charge in [0.25, 0.3) is 0 Å². The molecule has 0 aliphatic carbocycles. The molecule has 0 bridgehead atoms. The molecule has 1 atom stereocenters. The summed E-state index contributed by atoms with van der Waals surface area (Å²) in [5.41, 5.74) is -0.549. The van der Waals surface area contributed by atoms with Crippen LogP contribution in [-0.2, 0) is 10.3 Å². The molecule has 0 saturated carbocycles. The summed E-state index contributed by atoms with van der Waals surface area (Å²) in [6.45, 7) is 6.01. The predicted octanol–water partition coefficient (Wildman–Crippen LogP) is 2.18. The molecule has 1 heterocycles. The summed E-state index contributed by atoms with van der Waals surface area (Å²) in [6, 6.07) is -0.311. The Morgan fingerprint density at radius 2 is 2.20 bits per heavy atom. The quantitative estimate of drug-likeness (QED) is 0.719. The largest absolute Gasteiger partial charge is 0.481 e. The van der Waals surface area contributed by atoms with Crippen LogP contribution in [0.4, 0.5) is 4.79 Å². The number of hydrogen-bond donors (Lipinski definition) is 3. The van der Waals surface area contributed by atoms with Gasteiger partial charge in [-0.25, -0.2) is 9.78 Å². The maximum atomic E-state index is 11.9. The van der Waals surface area contributed by atoms with Crippen molar-refractivity contribution in [3.05, 3.63) is 16.6 Å². The Kier molecular flexibility index (Phi) is 5.94. The third kappa shape index (κ3) is 5.16. The van der Waals surface area contributed by atoms with Gasteiger partial charge in [0.2, 0.25) is 0 Å². The van der Waals surface area contributed by atoms with Crippen LogP contribution in [0.15, 0.2) is 11.6 Å². The van der Waals surface area contributed by atoms with Gasteiger partial charge in [-0.2, -0.15) is 0 Å². The number of carboxylic acid groups (broad SMARTS) is 1. The first-order chi connectivity index (χ1) is 9.35. The van der Waals surface area contributed by atoms with Gasteiger partial charge >= 0.3 is 12.0 Å². The number of carbonyl (C=O) groups is 2. The molecule has 0 aromatic carbocycles. The lowest BCUT2D eigenvalue weighted by atomic mass is 10.0. The monoisotopic (exact) mass is 299 g/mol. The zero-order valence-corrected chi connectivity index (χ0v) is 12.8. The molecule has 3 N–H and O–H groups in total. The molecule has 7 heteroatoms. The van der Waals surface area contributed by atoms with Crippen LogP contribution in [0.2, 0.25) is 0 Å². The summed E-state index contributed by atoms with van der Waals surface area (Å²) in [6.07, 6.45) is 2.47. The SMILES string of the molecule is CCC(CNC(=O)NC(C)(C)c1nccs1)CC(=O)O. The number of nitrogens with one attached hydrogen (secondary N) is 2. The second-order valence-electron chi connectivity index (χ2n) is 5.17. The number of rotatable bonds is 7. The first-order valence-electron chi connectivity index (χ1n) is 6.53. The van der Waals surface area contributed by atoms with Gasteiger partial charge in [-0.15, -0.1) is 11.3 Å². The fraction of sp³-hybridized carbons (Fsp3) is 0.615. The lowest BCUT2D eigenvalue weighted by Crippen LogP contribution is -2.47. The van der Waals surface area contributed by atoms with Crippen LogP contribution in [0.1, 0.15) is 38.6 Å². The molecule has 0 spiro atoms. The fourth-order valence-electron chi connectivity index (χ4n) is 1.76. The van der Waals surface area contributed by atoms with Gasteiger partial charge in [-0.1, -0.05) is 13.3 Å². The van der Waals surface area contributed by atoms with Gasteiger partial charge in [-0.3, -0.25) is 4.79 Å². The summed E-state index contributed by atoms with van der Waals surface area (Å²) in [7, 11) is 0. The molecule has 1 aromatic rings. The molecule has 1 aromatic heterocycles. The number of aliphatic carboxylic acids is 1. The predicted molar refractivity (Wildman–Crippen MR) is 77.7 cm³/mol. The molecule has 0 radical (unpaired) electrons. The topological polar surface area (TPSA) is 91.3 Å². The molecule has 0 aliphatic rings. The number of amides is 2. The third-order valence-corrected chi connectivity index (χ3v) is 4.08. The lowest BCUT2D eigenvalue weighted by molar-refractivity contribution is -0.138. The second-order valence-corrected chi connectivity index (χ2v) is 6.06. The van der Waals surface area contributed by atoms with E-state index in [-0.39, 0.29) is 18.4 Å². The highest BCUT2D eigenvalue weighted by Crippen LogP contribution is 2.21. The Bertz CT molecular complexity index is 446. The average Bonchev–Trinajstić information content (AvgIpc) is 2.87. The van der Waals surface area contributed by atoms with Gasteiger partial charge < -0.3 is 15.7 Å². The van der Waals surface area contributed by atoms with E-state index in [0.29, 0.717) is 13.0 Å². The van der Waals surface area contributed by atoms with Crippen molar-refractivity contribution in [2.75, 3.05) is 6.54 Å². The number of hydrogen-bond acceptors (Lipinski definition) is 4. The normalized spacial score (nSPS) is 12.8. The lowest BCUT2D eigenvalue weighted by Gasteiger charge is -2.24. The van der Waals surface area contributed by atoms with Crippen LogP contribution >= 0.6 is 11.3 Å². The summed E-state index contributed by atoms with van der Waals surface area (Å²) < 4.78 is 0. The Morgan fingerprint density at radius 1 is 1.50 bits per heavy atom. The number of nitrogens with zero attached hydrogens (tertiary/aromatic N) is 1. The number of carbonyl (C=O) groups excluding carboxylic acids is 1. The highest BCUT2D eigenvalue weighted by Gasteiger charge is 2.25. The van der Waals surface area contributed by atoms with Gasteiger partial charge in [0.15, 0.2) is 0 Å². The van der Waals surface area contributed by atoms with Crippen LogP contribution in [-0.4, -0.2) is 28.6 Å². The smallest absolute Gasteiger partial charge is 0.315 e. The van der Waals surface area contributed by atoms with Gasteiger partial charge in [0.05, 0.1) is 5.54 Å². The van der Waals surface area contributed by atoms with Crippen LogP contribution in [0.25, 0.3) is 0 Å². The van der Waals surface area contributed by atoms with E-state index < -0.39 is 11.5 Å². The zero-order valence-electron chi connectivity index (χ0n) is 12.0. The molecule has 112 valence electrons. The van der Waals surface area contributed by atoms with Crippen molar-refractivity contribution in [3.63, 3.8) is 0 Å². The van der Waals surface area contributed by atoms with Crippen molar-refractivity contribution in [2.24, 2.45) is 5.92 Å². The molecule has 0 aliphatic heterocycles. The number of thiazole rings is 1. The summed E-state index contributed by atoms with van der Waals surface area (Å²) >= 11 is 1.48. The Balaban J connectivity index is 2.45. The van der Waals surface area contributed by atoms with Crippen LogP contribution in [0, 0.1) is 5.92 Å². The zero-order chi connectivity index (χ0) is 15.2. The molecule has 0 fully saturated rings. The van der Waals surface area contributed by atoms with E-state index in [4.69, 9.17) is 5.11 Å². The minimum Gasteiger partial charge on any atom is -0.481 e. The first kappa shape index (κ1) is 16.4. The summed E-state index contributed by atoms with van der Waals surface area (Å²) in [5.74, 6) is -0.900. The van der Waals surface area contributed by atoms with Gasteiger partial charge in [-0.05, 0) is 19.8 Å². The van der Waals surface area contributed by atoms with Crippen molar-refractivity contribution in [3.8, 4) is 0 Å². The van der Waals surface area contributed by atoms with Crippen molar-refractivity contribution < 1.29 is 14.7 Å². The second kappa shape index (κ2) is 7.23. The fourth-order valence-corrected chi connectivity index (χ4v) is 2.48. The summed E-state index contributed by atoms with van der Waals surface area (Å²) in [5, 5.41) is 17.0. The number of carboxylic acids is 1. The van der Waals surface area contributed by atoms with Crippen LogP contribution < -0.4 is 10.6 Å². The first-order valence-corrected chi connectivity index (χ1v) is 7.41. The molecule has 0 saturated heterocycles. The van der Waals surface area contributed by atoms with E-state index in [0.717, 1.165) is 5.01 Å². The molecule has 1 unspecified atom stereocenters. The number of aromatic nitrogens is 1. The molecule has 6 nitrogen and oxygen atoms in total. The van der Waals surface area contributed by atoms with E-state index in [2.05, 4.69) is 15.6 Å². The van der Waals surface area contributed by atoms with E-state index in [1.807, 2.05) is 26.2 Å². The van der Waals surface area contributed by atoms with Gasteiger partial charge in [0.1, 0.15) is 5.01 Å². The van der Waals surface area contributed by atoms with Crippen molar-refractivity contribution in [2.45, 2.75) is 39.2 Å². The van der Waals surface area contributed by atoms with E-state index in [9.17, 15) is 9.59 Å². The molecule has 20 heavy (non-hydrogen) atoms. The highest BCUT2D eigenvalue weighted by molar-refractivity contribution is 7.09. The Labute approximate surface area is 122 Å². The minimum atomic E-state index is -0.845. The van der Waals surface area contributed by atoms with Crippen LogP contribution in [0.5, 0.6) is 0 Å². The summed E-state index contributed by atoms with van der Waals surface area (Å²) in [4.78, 5) is 26.7. The van der Waals surface area contributed by atoms with E-state index >= 15 is 0 Å². The third-order valence-electron chi connectivity index (χ3n) is 2.98. The highest BCUT2D eigenvalue weighted by atomic mass is 32.1. The van der Waals surface area contributed by atoms with E-state index in [1.54, 1.807) is 6.20 Å². The molecular formula is C13H21N3O3S. The average molecular weight is 299 g/mol. The molecular weight excluding hydrogens is 278 g/mol. The van der Waals surface area contributed by atoms with E-state index in [1.165, 1.54) is 11.3 Å². The standard InChI is InChI=1S/C13H21N3O3S/c1-4-9(7-10(17)18)8-15-12(19)16-13(2,3)11-14-5-6-20-11/h5-6,9H,4,7-8H2,1-3H3,(H,17,18)(H2,15,16,19). The Morgan fingerprint density at radius 3 is 2.70 bits per heavy atom. The minimum absolute atomic E-state index is 0.0544. The number of urea groups is 1. The van der Waals surface area contributed by atoms with Crippen molar-refractivity contribution >= 4 is 23.3 Å². The maximum absolute atomic E-state index is 11.9.